The molecule has 1 aromatic rings. The summed E-state index contributed by atoms with van der Waals surface area (Å²) in [5, 5.41) is 3.42. The summed E-state index contributed by atoms with van der Waals surface area (Å²) in [5.74, 6) is 0. The van der Waals surface area contributed by atoms with Gasteiger partial charge < -0.3 is 10.1 Å². The molecule has 1 N–H and O–H groups in total. The average Bonchev–Trinajstić information content (AvgIpc) is 2.23. The zero-order chi connectivity index (χ0) is 11.1. The summed E-state index contributed by atoms with van der Waals surface area (Å²) in [5.41, 5.74) is 3.91. The number of benzene rings is 1. The van der Waals surface area contributed by atoms with E-state index in [0.29, 0.717) is 0 Å². The van der Waals surface area contributed by atoms with Gasteiger partial charge in [-0.3, -0.25) is 0 Å². The number of hydrogen-bond acceptors (Lipinski definition) is 2. The van der Waals surface area contributed by atoms with Crippen molar-refractivity contribution in [3.63, 3.8) is 0 Å². The second-order valence-electron chi connectivity index (χ2n) is 3.93. The topological polar surface area (TPSA) is 21.3 Å². The molecule has 1 aromatic carbocycles. The van der Waals surface area contributed by atoms with Gasteiger partial charge in [0.15, 0.2) is 0 Å². The van der Waals surface area contributed by atoms with Crippen molar-refractivity contribution in [2.75, 3.05) is 25.6 Å². The fourth-order valence-electron chi connectivity index (χ4n) is 1.46. The van der Waals surface area contributed by atoms with Crippen LogP contribution in [0.4, 0.5) is 5.69 Å². The van der Waals surface area contributed by atoms with Crippen LogP contribution >= 0.6 is 0 Å². The molecular formula is C13H21NO. The lowest BCUT2D eigenvalue weighted by Crippen LogP contribution is -2.03. The number of aryl methyl sites for hydroxylation is 2. The highest BCUT2D eigenvalue weighted by Gasteiger charge is 1.95. The fourth-order valence-corrected chi connectivity index (χ4v) is 1.46. The first kappa shape index (κ1) is 12.1. The van der Waals surface area contributed by atoms with Gasteiger partial charge in [0, 0.05) is 25.9 Å². The second-order valence-corrected chi connectivity index (χ2v) is 3.93. The number of rotatable bonds is 6. The van der Waals surface area contributed by atoms with E-state index in [4.69, 9.17) is 4.74 Å². The van der Waals surface area contributed by atoms with Gasteiger partial charge in [0.25, 0.3) is 0 Å². The molecule has 0 radical (unpaired) electrons. The highest BCUT2D eigenvalue weighted by atomic mass is 16.5. The highest BCUT2D eigenvalue weighted by molar-refractivity contribution is 5.47. The van der Waals surface area contributed by atoms with Crippen molar-refractivity contribution in [2.45, 2.75) is 26.7 Å². The van der Waals surface area contributed by atoms with Crippen LogP contribution in [0.3, 0.4) is 0 Å². The normalized spacial score (nSPS) is 10.3. The van der Waals surface area contributed by atoms with Gasteiger partial charge in [-0.2, -0.15) is 0 Å². The van der Waals surface area contributed by atoms with Crippen LogP contribution in [0.1, 0.15) is 24.0 Å². The minimum Gasteiger partial charge on any atom is -0.385 e. The zero-order valence-corrected chi connectivity index (χ0v) is 9.97. The van der Waals surface area contributed by atoms with Crippen LogP contribution in [-0.2, 0) is 4.74 Å². The molecule has 0 bridgehead atoms. The van der Waals surface area contributed by atoms with E-state index < -0.39 is 0 Å². The predicted octanol–water partition coefficient (Wildman–Crippen LogP) is 3.14. The van der Waals surface area contributed by atoms with Gasteiger partial charge in [-0.05, 0) is 49.9 Å². The summed E-state index contributed by atoms with van der Waals surface area (Å²) in [4.78, 5) is 0. The molecule has 0 aliphatic carbocycles. The number of ether oxygens (including phenoxy) is 1. The van der Waals surface area contributed by atoms with Crippen molar-refractivity contribution in [1.29, 1.82) is 0 Å². The van der Waals surface area contributed by atoms with Crippen LogP contribution in [0, 0.1) is 13.8 Å². The van der Waals surface area contributed by atoms with E-state index in [-0.39, 0.29) is 0 Å². The van der Waals surface area contributed by atoms with Gasteiger partial charge in [0.1, 0.15) is 0 Å². The number of unbranched alkanes of at least 4 members (excludes halogenated alkanes) is 1. The first-order valence-corrected chi connectivity index (χ1v) is 5.54. The summed E-state index contributed by atoms with van der Waals surface area (Å²) in [7, 11) is 1.75. The van der Waals surface area contributed by atoms with Crippen LogP contribution in [0.25, 0.3) is 0 Å². The van der Waals surface area contributed by atoms with Gasteiger partial charge in [0.2, 0.25) is 0 Å². The van der Waals surface area contributed by atoms with Crippen LogP contribution in [0.2, 0.25) is 0 Å². The summed E-state index contributed by atoms with van der Waals surface area (Å²) in [6.45, 7) is 6.16. The van der Waals surface area contributed by atoms with E-state index in [9.17, 15) is 0 Å². The number of hydrogen-bond donors (Lipinski definition) is 1. The number of nitrogens with one attached hydrogen (secondary N) is 1. The highest BCUT2D eigenvalue weighted by Crippen LogP contribution is 2.13. The van der Waals surface area contributed by atoms with Crippen molar-refractivity contribution in [2.24, 2.45) is 0 Å². The Morgan fingerprint density at radius 2 is 1.93 bits per heavy atom. The Hall–Kier alpha value is -1.02. The Morgan fingerprint density at radius 3 is 2.60 bits per heavy atom. The maximum atomic E-state index is 5.00. The van der Waals surface area contributed by atoms with E-state index in [1.54, 1.807) is 7.11 Å². The summed E-state index contributed by atoms with van der Waals surface area (Å²) in [6.07, 6.45) is 2.27. The Balaban J connectivity index is 2.28. The van der Waals surface area contributed by atoms with Gasteiger partial charge >= 0.3 is 0 Å². The lowest BCUT2D eigenvalue weighted by atomic mass is 10.1. The molecule has 84 valence electrons. The summed E-state index contributed by atoms with van der Waals surface area (Å²) < 4.78 is 5.00. The fraction of sp³-hybridized carbons (Fsp3) is 0.538. The summed E-state index contributed by atoms with van der Waals surface area (Å²) in [6, 6.07) is 6.50. The molecule has 0 spiro atoms. The molecule has 0 fully saturated rings. The van der Waals surface area contributed by atoms with Crippen LogP contribution in [0.15, 0.2) is 18.2 Å². The third-order valence-electron chi connectivity index (χ3n) is 2.61. The number of methoxy groups -OCH3 is 1. The monoisotopic (exact) mass is 207 g/mol. The van der Waals surface area contributed by atoms with E-state index in [1.165, 1.54) is 16.8 Å². The maximum Gasteiger partial charge on any atom is 0.0462 e. The van der Waals surface area contributed by atoms with Crippen molar-refractivity contribution in [3.05, 3.63) is 29.3 Å². The summed E-state index contributed by atoms with van der Waals surface area (Å²) >= 11 is 0. The lowest BCUT2D eigenvalue weighted by molar-refractivity contribution is 0.194. The maximum absolute atomic E-state index is 5.00. The first-order chi connectivity index (χ1) is 7.24. The van der Waals surface area contributed by atoms with E-state index in [1.807, 2.05) is 0 Å². The standard InChI is InChI=1S/C13H21NO/c1-11-6-7-13(10-12(11)2)14-8-4-5-9-15-3/h6-7,10,14H,4-5,8-9H2,1-3H3. The van der Waals surface area contributed by atoms with Gasteiger partial charge in [-0.25, -0.2) is 0 Å². The van der Waals surface area contributed by atoms with E-state index in [0.717, 1.165) is 26.0 Å². The van der Waals surface area contributed by atoms with Crippen molar-refractivity contribution in [1.82, 2.24) is 0 Å². The largest absolute Gasteiger partial charge is 0.385 e. The third-order valence-corrected chi connectivity index (χ3v) is 2.61. The second kappa shape index (κ2) is 6.46. The van der Waals surface area contributed by atoms with Gasteiger partial charge in [-0.1, -0.05) is 6.07 Å². The van der Waals surface area contributed by atoms with Crippen molar-refractivity contribution < 1.29 is 4.74 Å². The Bertz CT molecular complexity index is 297. The molecule has 0 saturated carbocycles. The average molecular weight is 207 g/mol. The molecule has 0 saturated heterocycles. The van der Waals surface area contributed by atoms with E-state index >= 15 is 0 Å². The van der Waals surface area contributed by atoms with Crippen molar-refractivity contribution >= 4 is 5.69 Å². The minimum atomic E-state index is 0.856. The minimum absolute atomic E-state index is 0.856. The predicted molar refractivity (Wildman–Crippen MR) is 65.5 cm³/mol. The quantitative estimate of drug-likeness (QED) is 0.724. The SMILES string of the molecule is COCCCCNc1ccc(C)c(C)c1. The molecule has 15 heavy (non-hydrogen) atoms. The molecule has 2 nitrogen and oxygen atoms in total. The lowest BCUT2D eigenvalue weighted by Gasteiger charge is -2.08. The van der Waals surface area contributed by atoms with Crippen LogP contribution in [-0.4, -0.2) is 20.3 Å². The third kappa shape index (κ3) is 4.34. The molecule has 1 rings (SSSR count). The van der Waals surface area contributed by atoms with E-state index in [2.05, 4.69) is 37.4 Å². The van der Waals surface area contributed by atoms with Crippen LogP contribution in [0.5, 0.6) is 0 Å². The molecule has 0 aliphatic rings. The molecular weight excluding hydrogens is 186 g/mol. The molecule has 0 amide bonds. The van der Waals surface area contributed by atoms with Gasteiger partial charge in [0.05, 0.1) is 0 Å². The molecule has 0 unspecified atom stereocenters. The molecule has 2 heteroatoms. The molecule has 0 aliphatic heterocycles. The van der Waals surface area contributed by atoms with Crippen LogP contribution < -0.4 is 5.32 Å². The Kier molecular flexibility index (Phi) is 5.19. The van der Waals surface area contributed by atoms with Crippen molar-refractivity contribution in [3.8, 4) is 0 Å². The Labute approximate surface area is 92.6 Å². The first-order valence-electron chi connectivity index (χ1n) is 5.54. The van der Waals surface area contributed by atoms with Gasteiger partial charge in [-0.15, -0.1) is 0 Å². The smallest absolute Gasteiger partial charge is 0.0462 e. The molecule has 0 aromatic heterocycles. The molecule has 0 atom stereocenters. The Morgan fingerprint density at radius 1 is 1.13 bits per heavy atom. The number of anilines is 1. The zero-order valence-electron chi connectivity index (χ0n) is 9.97. The molecule has 0 heterocycles.